The molecular formula is C23H26N4O6S. The minimum absolute atomic E-state index is 0.0316. The Morgan fingerprint density at radius 3 is 2.41 bits per heavy atom. The van der Waals surface area contributed by atoms with Gasteiger partial charge in [-0.1, -0.05) is 18.2 Å². The van der Waals surface area contributed by atoms with E-state index in [1.165, 1.54) is 31.1 Å². The molecule has 10 nitrogen and oxygen atoms in total. The molecule has 0 bridgehead atoms. The fourth-order valence-corrected chi connectivity index (χ4v) is 4.34. The van der Waals surface area contributed by atoms with Gasteiger partial charge >= 0.3 is 5.97 Å². The van der Waals surface area contributed by atoms with Crippen molar-refractivity contribution in [1.29, 1.82) is 5.26 Å². The van der Waals surface area contributed by atoms with Crippen LogP contribution in [-0.4, -0.2) is 78.1 Å². The van der Waals surface area contributed by atoms with Crippen molar-refractivity contribution in [1.82, 2.24) is 4.31 Å². The number of amides is 1. The SMILES string of the molecule is CN(C)S(=O)(=O)c1ccc(N2CCOCC2)c(C(=O)OCC(=O)N(CC#N)c2ccccc2)c1. The number of anilines is 2. The Labute approximate surface area is 198 Å². The molecule has 1 fully saturated rings. The van der Waals surface area contributed by atoms with E-state index in [0.717, 1.165) is 4.31 Å². The number of para-hydroxylation sites is 1. The first-order chi connectivity index (χ1) is 16.3. The fourth-order valence-electron chi connectivity index (χ4n) is 3.41. The Kier molecular flexibility index (Phi) is 8.22. The van der Waals surface area contributed by atoms with Crippen LogP contribution in [0, 0.1) is 11.3 Å². The second kappa shape index (κ2) is 11.1. The van der Waals surface area contributed by atoms with Crippen LogP contribution in [0.4, 0.5) is 11.4 Å². The molecule has 1 saturated heterocycles. The van der Waals surface area contributed by atoms with E-state index in [1.54, 1.807) is 36.4 Å². The molecule has 0 unspecified atom stereocenters. The van der Waals surface area contributed by atoms with Gasteiger partial charge in [0, 0.05) is 32.9 Å². The highest BCUT2D eigenvalue weighted by Gasteiger charge is 2.26. The van der Waals surface area contributed by atoms with Crippen LogP contribution in [0.15, 0.2) is 53.4 Å². The smallest absolute Gasteiger partial charge is 0.340 e. The Hall–Kier alpha value is -3.46. The molecule has 3 rings (SSSR count). The van der Waals surface area contributed by atoms with Crippen LogP contribution in [0.1, 0.15) is 10.4 Å². The first-order valence-corrected chi connectivity index (χ1v) is 12.0. The maximum atomic E-state index is 13.1. The maximum Gasteiger partial charge on any atom is 0.340 e. The molecule has 2 aromatic rings. The first kappa shape index (κ1) is 25.2. The van der Waals surface area contributed by atoms with E-state index < -0.39 is 28.5 Å². The molecule has 0 saturated carbocycles. The first-order valence-electron chi connectivity index (χ1n) is 10.5. The van der Waals surface area contributed by atoms with E-state index in [2.05, 4.69) is 0 Å². The second-order valence-electron chi connectivity index (χ2n) is 7.62. The lowest BCUT2D eigenvalue weighted by atomic mass is 10.1. The average Bonchev–Trinajstić information content (AvgIpc) is 2.86. The van der Waals surface area contributed by atoms with Crippen LogP contribution in [0.3, 0.4) is 0 Å². The molecular weight excluding hydrogens is 460 g/mol. The summed E-state index contributed by atoms with van der Waals surface area (Å²) in [4.78, 5) is 28.8. The van der Waals surface area contributed by atoms with Gasteiger partial charge in [0.15, 0.2) is 6.61 Å². The summed E-state index contributed by atoms with van der Waals surface area (Å²) in [5.41, 5.74) is 1.03. The molecule has 2 aromatic carbocycles. The number of nitrogens with zero attached hydrogens (tertiary/aromatic N) is 4. The number of esters is 1. The van der Waals surface area contributed by atoms with Gasteiger partial charge in [0.25, 0.3) is 5.91 Å². The third-order valence-corrected chi connectivity index (χ3v) is 7.05. The van der Waals surface area contributed by atoms with Crippen LogP contribution in [0.5, 0.6) is 0 Å². The van der Waals surface area contributed by atoms with Gasteiger partial charge in [0.2, 0.25) is 10.0 Å². The maximum absolute atomic E-state index is 13.1. The minimum Gasteiger partial charge on any atom is -0.452 e. The normalized spacial score (nSPS) is 13.9. The Morgan fingerprint density at radius 1 is 1.12 bits per heavy atom. The van der Waals surface area contributed by atoms with Crippen molar-refractivity contribution in [2.75, 3.05) is 63.4 Å². The highest BCUT2D eigenvalue weighted by atomic mass is 32.2. The van der Waals surface area contributed by atoms with E-state index in [0.29, 0.717) is 37.7 Å². The van der Waals surface area contributed by atoms with Crippen LogP contribution in [0.2, 0.25) is 0 Å². The molecule has 0 aliphatic carbocycles. The number of nitriles is 1. The molecule has 0 N–H and O–H groups in total. The highest BCUT2D eigenvalue weighted by molar-refractivity contribution is 7.89. The summed E-state index contributed by atoms with van der Waals surface area (Å²) < 4.78 is 37.0. The predicted molar refractivity (Wildman–Crippen MR) is 125 cm³/mol. The van der Waals surface area contributed by atoms with Crippen molar-refractivity contribution in [3.63, 3.8) is 0 Å². The Balaban J connectivity index is 1.86. The molecule has 1 aliphatic rings. The average molecular weight is 487 g/mol. The molecule has 1 aliphatic heterocycles. The van der Waals surface area contributed by atoms with Crippen molar-refractivity contribution >= 4 is 33.3 Å². The zero-order valence-corrected chi connectivity index (χ0v) is 19.8. The lowest BCUT2D eigenvalue weighted by Gasteiger charge is -2.30. The molecule has 0 radical (unpaired) electrons. The number of hydrogen-bond acceptors (Lipinski definition) is 8. The molecule has 0 spiro atoms. The second-order valence-corrected chi connectivity index (χ2v) is 9.77. The van der Waals surface area contributed by atoms with E-state index in [-0.39, 0.29) is 17.0 Å². The number of carbonyl (C=O) groups is 2. The molecule has 11 heteroatoms. The molecule has 180 valence electrons. The minimum atomic E-state index is -3.80. The standard InChI is InChI=1S/C23H26N4O6S/c1-25(2)34(30,31)19-8-9-21(26-12-14-32-15-13-26)20(16-19)23(29)33-17-22(28)27(11-10-24)18-6-4-3-5-7-18/h3-9,16H,11-15,17H2,1-2H3. The van der Waals surface area contributed by atoms with Crippen molar-refractivity contribution in [3.05, 3.63) is 54.1 Å². The number of carbonyl (C=O) groups excluding carboxylic acids is 2. The van der Waals surface area contributed by atoms with Gasteiger partial charge in [0.1, 0.15) is 6.54 Å². The lowest BCUT2D eigenvalue weighted by molar-refractivity contribution is -0.121. The summed E-state index contributed by atoms with van der Waals surface area (Å²) in [6, 6.07) is 14.8. The summed E-state index contributed by atoms with van der Waals surface area (Å²) in [7, 11) is -1.00. The quantitative estimate of drug-likeness (QED) is 0.407. The summed E-state index contributed by atoms with van der Waals surface area (Å²) in [5.74, 6) is -1.42. The van der Waals surface area contributed by atoms with E-state index in [9.17, 15) is 18.0 Å². The van der Waals surface area contributed by atoms with Crippen molar-refractivity contribution < 1.29 is 27.5 Å². The number of morpholine rings is 1. The summed E-state index contributed by atoms with van der Waals surface area (Å²) in [5, 5.41) is 9.11. The highest BCUT2D eigenvalue weighted by Crippen LogP contribution is 2.27. The van der Waals surface area contributed by atoms with E-state index in [4.69, 9.17) is 14.7 Å². The summed E-state index contributed by atoms with van der Waals surface area (Å²) >= 11 is 0. The fraction of sp³-hybridized carbons (Fsp3) is 0.348. The van der Waals surface area contributed by atoms with Gasteiger partial charge < -0.3 is 14.4 Å². The zero-order valence-electron chi connectivity index (χ0n) is 19.0. The van der Waals surface area contributed by atoms with Crippen molar-refractivity contribution in [2.24, 2.45) is 0 Å². The number of hydrogen-bond donors (Lipinski definition) is 0. The van der Waals surface area contributed by atoms with E-state index >= 15 is 0 Å². The molecule has 0 aromatic heterocycles. The van der Waals surface area contributed by atoms with Crippen LogP contribution >= 0.6 is 0 Å². The third kappa shape index (κ3) is 5.72. The van der Waals surface area contributed by atoms with Gasteiger partial charge in [-0.05, 0) is 30.3 Å². The summed E-state index contributed by atoms with van der Waals surface area (Å²) in [6.45, 7) is 1.14. The topological polar surface area (TPSA) is 120 Å². The molecule has 1 heterocycles. The number of sulfonamides is 1. The molecule has 0 atom stereocenters. The summed E-state index contributed by atoms with van der Waals surface area (Å²) in [6.07, 6.45) is 0. The van der Waals surface area contributed by atoms with Gasteiger partial charge in [0.05, 0.1) is 35.4 Å². The largest absolute Gasteiger partial charge is 0.452 e. The van der Waals surface area contributed by atoms with Crippen molar-refractivity contribution in [2.45, 2.75) is 4.90 Å². The number of benzene rings is 2. The monoisotopic (exact) mass is 486 g/mol. The van der Waals surface area contributed by atoms with Gasteiger partial charge in [-0.3, -0.25) is 9.69 Å². The van der Waals surface area contributed by atoms with Gasteiger partial charge in [-0.25, -0.2) is 17.5 Å². The molecule has 1 amide bonds. The zero-order chi connectivity index (χ0) is 24.7. The van der Waals surface area contributed by atoms with Crippen LogP contribution in [0.25, 0.3) is 0 Å². The van der Waals surface area contributed by atoms with Crippen molar-refractivity contribution in [3.8, 4) is 6.07 Å². The Morgan fingerprint density at radius 2 is 1.79 bits per heavy atom. The van der Waals surface area contributed by atoms with E-state index in [1.807, 2.05) is 11.0 Å². The third-order valence-electron chi connectivity index (χ3n) is 5.24. The van der Waals surface area contributed by atoms with Gasteiger partial charge in [-0.2, -0.15) is 5.26 Å². The Bertz CT molecular complexity index is 1170. The van der Waals surface area contributed by atoms with Crippen LogP contribution < -0.4 is 9.80 Å². The lowest BCUT2D eigenvalue weighted by Crippen LogP contribution is -2.38. The number of rotatable bonds is 8. The predicted octanol–water partition coefficient (Wildman–Crippen LogP) is 1.49. The molecule has 34 heavy (non-hydrogen) atoms. The van der Waals surface area contributed by atoms with Crippen LogP contribution in [-0.2, 0) is 24.3 Å². The van der Waals surface area contributed by atoms with Gasteiger partial charge in [-0.15, -0.1) is 0 Å². The number of ether oxygens (including phenoxy) is 2.